The molecule has 2 heterocycles. The molecule has 0 saturated carbocycles. The van der Waals surface area contributed by atoms with E-state index < -0.39 is 0 Å². The van der Waals surface area contributed by atoms with Crippen molar-refractivity contribution in [3.63, 3.8) is 0 Å². The van der Waals surface area contributed by atoms with E-state index in [0.717, 1.165) is 70.1 Å². The lowest BCUT2D eigenvalue weighted by atomic mass is 10.1. The first-order valence-corrected chi connectivity index (χ1v) is 9.61. The second kappa shape index (κ2) is 10.3. The van der Waals surface area contributed by atoms with E-state index in [9.17, 15) is 0 Å². The molecule has 0 amide bonds. The fraction of sp³-hybridized carbons (Fsp3) is 0.938. The maximum Gasteiger partial charge on any atom is 0.193 e. The Balaban J connectivity index is 1.56. The van der Waals surface area contributed by atoms with Gasteiger partial charge in [0, 0.05) is 56.8 Å². The third-order valence-electron chi connectivity index (χ3n) is 4.23. The summed E-state index contributed by atoms with van der Waals surface area (Å²) in [6.07, 6.45) is 3.40. The Bertz CT molecular complexity index is 335. The monoisotopic (exact) mass is 329 g/mol. The molecule has 2 aliphatic heterocycles. The molecule has 0 aliphatic carbocycles. The van der Waals surface area contributed by atoms with E-state index in [2.05, 4.69) is 33.9 Å². The Labute approximate surface area is 139 Å². The molecule has 22 heavy (non-hydrogen) atoms. The van der Waals surface area contributed by atoms with Crippen molar-refractivity contribution in [1.82, 2.24) is 10.2 Å². The minimum atomic E-state index is 0.609. The van der Waals surface area contributed by atoms with Gasteiger partial charge in [0.2, 0.25) is 0 Å². The van der Waals surface area contributed by atoms with E-state index in [1.165, 1.54) is 12.2 Å². The molecule has 0 spiro atoms. The average Bonchev–Trinajstić information content (AvgIpc) is 3.07. The molecule has 2 unspecified atom stereocenters. The van der Waals surface area contributed by atoms with Gasteiger partial charge in [-0.05, 0) is 19.3 Å². The summed E-state index contributed by atoms with van der Waals surface area (Å²) in [5.41, 5.74) is 0. The highest BCUT2D eigenvalue weighted by Gasteiger charge is 2.21. The summed E-state index contributed by atoms with van der Waals surface area (Å²) in [4.78, 5) is 6.82. The molecule has 2 rings (SSSR count). The zero-order valence-electron chi connectivity index (χ0n) is 14.1. The molecule has 6 heteroatoms. The third-order valence-corrected chi connectivity index (χ3v) is 5.60. The number of hydrogen-bond donors (Lipinski definition) is 1. The van der Waals surface area contributed by atoms with Gasteiger partial charge in [0.1, 0.15) is 0 Å². The van der Waals surface area contributed by atoms with Gasteiger partial charge in [0.05, 0.1) is 13.2 Å². The molecule has 2 saturated heterocycles. The number of ether oxygens (including phenoxy) is 2. The van der Waals surface area contributed by atoms with Crippen LogP contribution in [-0.2, 0) is 9.47 Å². The van der Waals surface area contributed by atoms with Crippen LogP contribution in [0, 0.1) is 5.92 Å². The maximum absolute atomic E-state index is 5.74. The highest BCUT2D eigenvalue weighted by atomic mass is 32.2. The van der Waals surface area contributed by atoms with Gasteiger partial charge < -0.3 is 19.7 Å². The lowest BCUT2D eigenvalue weighted by Gasteiger charge is -2.34. The molecular weight excluding hydrogens is 298 g/mol. The normalized spacial score (nSPS) is 26.5. The van der Waals surface area contributed by atoms with Crippen molar-refractivity contribution in [2.45, 2.75) is 31.4 Å². The quantitative estimate of drug-likeness (QED) is 0.439. The summed E-state index contributed by atoms with van der Waals surface area (Å²) in [6.45, 7) is 8.83. The minimum Gasteiger partial charge on any atom is -0.381 e. The van der Waals surface area contributed by atoms with Gasteiger partial charge in [-0.15, -0.1) is 0 Å². The Morgan fingerprint density at radius 3 is 3.14 bits per heavy atom. The largest absolute Gasteiger partial charge is 0.381 e. The number of hydrogen-bond acceptors (Lipinski definition) is 4. The lowest BCUT2D eigenvalue weighted by molar-refractivity contribution is 0.0887. The van der Waals surface area contributed by atoms with Gasteiger partial charge in [-0.3, -0.25) is 4.99 Å². The van der Waals surface area contributed by atoms with E-state index in [4.69, 9.17) is 9.47 Å². The van der Waals surface area contributed by atoms with Crippen molar-refractivity contribution in [2.24, 2.45) is 10.9 Å². The predicted octanol–water partition coefficient (Wildman–Crippen LogP) is 1.83. The molecule has 2 fully saturated rings. The molecule has 2 atom stereocenters. The second-order valence-corrected chi connectivity index (χ2v) is 7.39. The van der Waals surface area contributed by atoms with Gasteiger partial charge in [0.25, 0.3) is 0 Å². The Kier molecular flexibility index (Phi) is 8.41. The summed E-state index contributed by atoms with van der Waals surface area (Å²) in [5, 5.41) is 4.21. The van der Waals surface area contributed by atoms with Crippen LogP contribution in [0.2, 0.25) is 0 Å². The predicted molar refractivity (Wildman–Crippen MR) is 93.8 cm³/mol. The van der Waals surface area contributed by atoms with Crippen molar-refractivity contribution < 1.29 is 9.47 Å². The minimum absolute atomic E-state index is 0.609. The van der Waals surface area contributed by atoms with E-state index in [1.807, 2.05) is 7.05 Å². The number of thioether (sulfide) groups is 1. The molecule has 2 aliphatic rings. The first-order valence-electron chi connectivity index (χ1n) is 8.56. The van der Waals surface area contributed by atoms with E-state index in [-0.39, 0.29) is 0 Å². The molecular formula is C16H31N3O2S. The smallest absolute Gasteiger partial charge is 0.193 e. The van der Waals surface area contributed by atoms with E-state index >= 15 is 0 Å². The first-order chi connectivity index (χ1) is 10.8. The summed E-state index contributed by atoms with van der Waals surface area (Å²) < 4.78 is 11.1. The van der Waals surface area contributed by atoms with E-state index in [1.54, 1.807) is 0 Å². The first kappa shape index (κ1) is 17.9. The van der Waals surface area contributed by atoms with Crippen LogP contribution in [0.5, 0.6) is 0 Å². The molecule has 0 radical (unpaired) electrons. The second-order valence-electron chi connectivity index (χ2n) is 5.98. The van der Waals surface area contributed by atoms with Crippen LogP contribution >= 0.6 is 11.8 Å². The van der Waals surface area contributed by atoms with Crippen LogP contribution in [0.25, 0.3) is 0 Å². The van der Waals surface area contributed by atoms with Crippen LogP contribution in [0.15, 0.2) is 4.99 Å². The topological polar surface area (TPSA) is 46.1 Å². The lowest BCUT2D eigenvalue weighted by Crippen LogP contribution is -2.48. The summed E-state index contributed by atoms with van der Waals surface area (Å²) in [5.74, 6) is 2.85. The Morgan fingerprint density at radius 1 is 1.50 bits per heavy atom. The van der Waals surface area contributed by atoms with Crippen LogP contribution in [0.1, 0.15) is 26.2 Å². The zero-order chi connectivity index (χ0) is 15.6. The number of aliphatic imine (C=N–C) groups is 1. The fourth-order valence-corrected chi connectivity index (χ4v) is 4.01. The zero-order valence-corrected chi connectivity index (χ0v) is 14.9. The number of rotatable bonds is 7. The molecule has 128 valence electrons. The van der Waals surface area contributed by atoms with Crippen LogP contribution in [0.4, 0.5) is 0 Å². The van der Waals surface area contributed by atoms with Gasteiger partial charge in [-0.25, -0.2) is 0 Å². The highest BCUT2D eigenvalue weighted by Crippen LogP contribution is 2.20. The highest BCUT2D eigenvalue weighted by molar-refractivity contribution is 8.00. The molecule has 0 aromatic carbocycles. The number of nitrogens with one attached hydrogen (secondary N) is 1. The van der Waals surface area contributed by atoms with Gasteiger partial charge >= 0.3 is 0 Å². The molecule has 0 aromatic rings. The average molecular weight is 330 g/mol. The van der Waals surface area contributed by atoms with Gasteiger partial charge in [-0.2, -0.15) is 11.8 Å². The Hall–Kier alpha value is -0.460. The number of nitrogens with zero attached hydrogens (tertiary/aromatic N) is 2. The number of guanidine groups is 1. The van der Waals surface area contributed by atoms with Crippen molar-refractivity contribution in [3.8, 4) is 0 Å². The SMILES string of the molecule is CCC1CN(C(=NC)NCCCOCC2CCOC2)CCS1. The van der Waals surface area contributed by atoms with Crippen molar-refractivity contribution in [3.05, 3.63) is 0 Å². The molecule has 0 bridgehead atoms. The van der Waals surface area contributed by atoms with Crippen LogP contribution in [0.3, 0.4) is 0 Å². The van der Waals surface area contributed by atoms with Crippen molar-refractivity contribution in [1.29, 1.82) is 0 Å². The standard InChI is InChI=1S/C16H31N3O2S/c1-3-15-11-19(7-10-22-15)16(17-2)18-6-4-8-20-12-14-5-9-21-13-14/h14-15H,3-13H2,1-2H3,(H,17,18). The Morgan fingerprint density at radius 2 is 2.41 bits per heavy atom. The van der Waals surface area contributed by atoms with E-state index in [0.29, 0.717) is 5.92 Å². The molecule has 1 N–H and O–H groups in total. The van der Waals surface area contributed by atoms with Gasteiger partial charge in [0.15, 0.2) is 5.96 Å². The van der Waals surface area contributed by atoms with Crippen LogP contribution < -0.4 is 5.32 Å². The van der Waals surface area contributed by atoms with Crippen molar-refractivity contribution >= 4 is 17.7 Å². The van der Waals surface area contributed by atoms with Gasteiger partial charge in [-0.1, -0.05) is 6.92 Å². The third kappa shape index (κ3) is 5.97. The summed E-state index contributed by atoms with van der Waals surface area (Å²) in [6, 6.07) is 0. The maximum atomic E-state index is 5.74. The summed E-state index contributed by atoms with van der Waals surface area (Å²) in [7, 11) is 1.88. The van der Waals surface area contributed by atoms with Crippen LogP contribution in [-0.4, -0.2) is 75.0 Å². The summed E-state index contributed by atoms with van der Waals surface area (Å²) >= 11 is 2.09. The fourth-order valence-electron chi connectivity index (χ4n) is 2.83. The molecule has 0 aromatic heterocycles. The van der Waals surface area contributed by atoms with Crippen molar-refractivity contribution in [2.75, 3.05) is 58.9 Å². The molecule has 5 nitrogen and oxygen atoms in total.